The third kappa shape index (κ3) is 2.98. The van der Waals surface area contributed by atoms with Crippen molar-refractivity contribution in [1.29, 1.82) is 0 Å². The second kappa shape index (κ2) is 7.33. The Morgan fingerprint density at radius 2 is 1.94 bits per heavy atom. The van der Waals surface area contributed by atoms with Crippen LogP contribution in [0.15, 0.2) is 36.9 Å². The number of rotatable bonds is 5. The number of imidazole rings is 1. The van der Waals surface area contributed by atoms with E-state index in [1.54, 1.807) is 12.4 Å². The zero-order valence-electron chi connectivity index (χ0n) is 17.8. The second-order valence-corrected chi connectivity index (χ2v) is 7.86. The smallest absolute Gasteiger partial charge is 0.245 e. The van der Waals surface area contributed by atoms with Crippen LogP contribution in [0.4, 0.5) is 0 Å². The van der Waals surface area contributed by atoms with E-state index in [2.05, 4.69) is 41.6 Å². The highest BCUT2D eigenvalue weighted by Gasteiger charge is 2.27. The van der Waals surface area contributed by atoms with Gasteiger partial charge in [-0.05, 0) is 20.3 Å². The zero-order chi connectivity index (χ0) is 21.7. The van der Waals surface area contributed by atoms with E-state index < -0.39 is 0 Å². The minimum Gasteiger partial charge on any atom is -0.471 e. The number of hydrogen-bond donors (Lipinski definition) is 0. The molecule has 160 valence electrons. The fourth-order valence-corrected chi connectivity index (χ4v) is 4.14. The van der Waals surface area contributed by atoms with E-state index in [-0.39, 0.29) is 6.10 Å². The third-order valence-electron chi connectivity index (χ3n) is 5.85. The van der Waals surface area contributed by atoms with Crippen LogP contribution in [0, 0.1) is 6.92 Å². The van der Waals surface area contributed by atoms with E-state index >= 15 is 0 Å². The summed E-state index contributed by atoms with van der Waals surface area (Å²) in [5.74, 6) is 3.84. The number of hydrogen-bond acceptors (Lipinski definition) is 8. The Morgan fingerprint density at radius 3 is 2.69 bits per heavy atom. The van der Waals surface area contributed by atoms with Gasteiger partial charge in [0.2, 0.25) is 5.88 Å². The molecule has 0 bridgehead atoms. The number of aryl methyl sites for hydroxylation is 3. The largest absolute Gasteiger partial charge is 0.471 e. The lowest BCUT2D eigenvalue weighted by molar-refractivity contribution is 0.150. The fraction of sp³-hybridized carbons (Fsp3) is 0.318. The Kier molecular flexibility index (Phi) is 4.30. The summed E-state index contributed by atoms with van der Waals surface area (Å²) >= 11 is 0. The molecule has 10 heteroatoms. The molecule has 0 radical (unpaired) electrons. The van der Waals surface area contributed by atoms with Crippen LogP contribution in [0.2, 0.25) is 0 Å². The number of allylic oxidation sites excluding steroid dienone is 4. The molecule has 4 aromatic heterocycles. The maximum atomic E-state index is 6.38. The topological polar surface area (TPSA) is 109 Å². The van der Waals surface area contributed by atoms with Crippen LogP contribution >= 0.6 is 0 Å². The molecule has 0 amide bonds. The quantitative estimate of drug-likeness (QED) is 0.478. The summed E-state index contributed by atoms with van der Waals surface area (Å²) < 4.78 is 10.5. The van der Waals surface area contributed by atoms with Gasteiger partial charge in [0.25, 0.3) is 0 Å². The molecular formula is C22H21N9O. The normalized spacial score (nSPS) is 17.2. The van der Waals surface area contributed by atoms with Crippen LogP contribution in [-0.2, 0) is 19.5 Å². The van der Waals surface area contributed by atoms with Crippen LogP contribution < -0.4 is 4.74 Å². The van der Waals surface area contributed by atoms with Crippen LogP contribution in [0.5, 0.6) is 5.88 Å². The van der Waals surface area contributed by atoms with Crippen molar-refractivity contribution in [2.45, 2.75) is 45.9 Å². The van der Waals surface area contributed by atoms with E-state index in [1.807, 2.05) is 29.7 Å². The monoisotopic (exact) mass is 427 g/mol. The molecule has 10 nitrogen and oxygen atoms in total. The van der Waals surface area contributed by atoms with Gasteiger partial charge in [-0.1, -0.05) is 18.2 Å². The lowest BCUT2D eigenvalue weighted by Crippen LogP contribution is -2.31. The highest BCUT2D eigenvalue weighted by molar-refractivity contribution is 5.81. The molecule has 0 fully saturated rings. The lowest BCUT2D eigenvalue weighted by atomic mass is 10.1. The van der Waals surface area contributed by atoms with Gasteiger partial charge in [-0.25, -0.2) is 19.9 Å². The SMILES string of the molecule is CCn1c(-c2cnc(C)nc2)nc2c(OC3CCc4nnc(C5=CC=C5)n4C3)ncnc21. The fourth-order valence-electron chi connectivity index (χ4n) is 4.14. The van der Waals surface area contributed by atoms with Crippen molar-refractivity contribution in [3.63, 3.8) is 0 Å². The Bertz CT molecular complexity index is 1380. The average Bonchev–Trinajstić information content (AvgIpc) is 3.35. The maximum Gasteiger partial charge on any atom is 0.245 e. The van der Waals surface area contributed by atoms with Gasteiger partial charge in [-0.2, -0.15) is 4.98 Å². The number of nitrogens with zero attached hydrogens (tertiary/aromatic N) is 9. The van der Waals surface area contributed by atoms with Gasteiger partial charge < -0.3 is 13.9 Å². The summed E-state index contributed by atoms with van der Waals surface area (Å²) in [7, 11) is 0. The first-order chi connectivity index (χ1) is 15.7. The minimum atomic E-state index is -0.0575. The number of ether oxygens (including phenoxy) is 1. The van der Waals surface area contributed by atoms with E-state index in [0.29, 0.717) is 24.5 Å². The molecule has 1 aliphatic carbocycles. The maximum absolute atomic E-state index is 6.38. The molecule has 1 atom stereocenters. The summed E-state index contributed by atoms with van der Waals surface area (Å²) in [6.45, 7) is 5.29. The zero-order valence-corrected chi connectivity index (χ0v) is 17.8. The number of aromatic nitrogens is 9. The first-order valence-electron chi connectivity index (χ1n) is 10.7. The van der Waals surface area contributed by atoms with Crippen LogP contribution in [0.25, 0.3) is 28.1 Å². The molecule has 6 rings (SSSR count). The Labute approximate surface area is 183 Å². The molecule has 32 heavy (non-hydrogen) atoms. The molecule has 4 aromatic rings. The Morgan fingerprint density at radius 1 is 1.09 bits per heavy atom. The average molecular weight is 427 g/mol. The van der Waals surface area contributed by atoms with Crippen molar-refractivity contribution >= 4 is 16.7 Å². The number of fused-ring (bicyclic) bond motifs is 2. The Hall–Kier alpha value is -3.95. The second-order valence-electron chi connectivity index (χ2n) is 7.86. The van der Waals surface area contributed by atoms with Gasteiger partial charge in [-0.15, -0.1) is 10.2 Å². The van der Waals surface area contributed by atoms with Crippen molar-refractivity contribution in [3.05, 3.63) is 54.4 Å². The minimum absolute atomic E-state index is 0.0575. The predicted molar refractivity (Wildman–Crippen MR) is 117 cm³/mol. The summed E-state index contributed by atoms with van der Waals surface area (Å²) in [5.41, 5.74) is 3.31. The molecule has 1 unspecified atom stereocenters. The van der Waals surface area contributed by atoms with Gasteiger partial charge in [0, 0.05) is 30.9 Å². The summed E-state index contributed by atoms with van der Waals surface area (Å²) in [5, 5.41) is 8.71. The van der Waals surface area contributed by atoms with E-state index in [9.17, 15) is 0 Å². The van der Waals surface area contributed by atoms with Crippen molar-refractivity contribution < 1.29 is 4.74 Å². The summed E-state index contributed by atoms with van der Waals surface area (Å²) in [4.78, 5) is 22.4. The molecular weight excluding hydrogens is 406 g/mol. The van der Waals surface area contributed by atoms with Crippen molar-refractivity contribution in [2.75, 3.05) is 0 Å². The van der Waals surface area contributed by atoms with Gasteiger partial charge in [0.05, 0.1) is 12.1 Å². The molecule has 0 aromatic carbocycles. The predicted octanol–water partition coefficient (Wildman–Crippen LogP) is 2.55. The van der Waals surface area contributed by atoms with Crippen molar-refractivity contribution in [2.24, 2.45) is 0 Å². The van der Waals surface area contributed by atoms with Gasteiger partial charge >= 0.3 is 0 Å². The highest BCUT2D eigenvalue weighted by Crippen LogP contribution is 2.30. The first kappa shape index (κ1) is 18.8. The molecule has 0 saturated heterocycles. The summed E-state index contributed by atoms with van der Waals surface area (Å²) in [6, 6.07) is 0. The molecule has 1 aliphatic heterocycles. The van der Waals surface area contributed by atoms with E-state index in [1.165, 1.54) is 6.33 Å². The van der Waals surface area contributed by atoms with Crippen LogP contribution in [0.1, 0.15) is 30.8 Å². The van der Waals surface area contributed by atoms with Crippen molar-refractivity contribution in [3.8, 4) is 17.3 Å². The van der Waals surface area contributed by atoms with Crippen LogP contribution in [-0.4, -0.2) is 50.4 Å². The molecule has 5 heterocycles. The van der Waals surface area contributed by atoms with Crippen LogP contribution in [0.3, 0.4) is 0 Å². The van der Waals surface area contributed by atoms with Gasteiger partial charge in [0.1, 0.15) is 29.9 Å². The Balaban J connectivity index is 1.34. The highest BCUT2D eigenvalue weighted by atomic mass is 16.5. The van der Waals surface area contributed by atoms with E-state index in [0.717, 1.165) is 52.9 Å². The van der Waals surface area contributed by atoms with Gasteiger partial charge in [0.15, 0.2) is 17.0 Å². The molecule has 2 aliphatic rings. The standard InChI is InChI=1S/C22H21N9O/c1-3-30-19(15-9-23-13(2)24-10-15)27-18-21(30)25-12-26-22(18)32-16-7-8-17-28-29-20(31(17)11-16)14-5-4-6-14/h4-6,9-10,12,16H,3,7-8,11H2,1-2H3. The molecule has 0 spiro atoms. The lowest BCUT2D eigenvalue weighted by Gasteiger charge is -2.25. The van der Waals surface area contributed by atoms with E-state index in [4.69, 9.17) is 9.72 Å². The first-order valence-corrected chi connectivity index (χ1v) is 10.7. The van der Waals surface area contributed by atoms with Gasteiger partial charge in [-0.3, -0.25) is 0 Å². The third-order valence-corrected chi connectivity index (χ3v) is 5.85. The van der Waals surface area contributed by atoms with Crippen molar-refractivity contribution in [1.82, 2.24) is 44.3 Å². The summed E-state index contributed by atoms with van der Waals surface area (Å²) in [6.07, 6.45) is 12.8. The molecule has 0 N–H and O–H groups in total. The molecule has 0 saturated carbocycles.